The van der Waals surface area contributed by atoms with Gasteiger partial charge in [0.05, 0.1) is 0 Å². The Labute approximate surface area is 105 Å². The summed E-state index contributed by atoms with van der Waals surface area (Å²) in [6.45, 7) is 7.08. The molecule has 16 heavy (non-hydrogen) atoms. The quantitative estimate of drug-likeness (QED) is 0.796. The summed E-state index contributed by atoms with van der Waals surface area (Å²) >= 11 is 0. The topological polar surface area (TPSA) is 24.5 Å². The first-order chi connectivity index (χ1) is 7.38. The molecule has 0 aromatic rings. The van der Waals surface area contributed by atoms with Crippen molar-refractivity contribution in [3.63, 3.8) is 0 Å². The normalized spacial score (nSPS) is 30.6. The molecular weight excluding hydrogens is 224 g/mol. The third kappa shape index (κ3) is 4.21. The first-order valence-corrected chi connectivity index (χ1v) is 6.33. The summed E-state index contributed by atoms with van der Waals surface area (Å²) in [6.07, 6.45) is 4.00. The van der Waals surface area contributed by atoms with Gasteiger partial charge in [0, 0.05) is 19.8 Å². The van der Waals surface area contributed by atoms with Gasteiger partial charge in [0.2, 0.25) is 0 Å². The SMILES string of the molecule is CNCC1CCN(CCC2CCOC2)C1.Cl. The van der Waals surface area contributed by atoms with Crippen molar-refractivity contribution in [3.8, 4) is 0 Å². The van der Waals surface area contributed by atoms with Crippen LogP contribution in [-0.4, -0.2) is 51.3 Å². The van der Waals surface area contributed by atoms with E-state index in [1.54, 1.807) is 0 Å². The van der Waals surface area contributed by atoms with E-state index in [2.05, 4.69) is 17.3 Å². The van der Waals surface area contributed by atoms with Crippen molar-refractivity contribution >= 4 is 12.4 Å². The van der Waals surface area contributed by atoms with Crippen molar-refractivity contribution < 1.29 is 4.74 Å². The number of rotatable bonds is 5. The van der Waals surface area contributed by atoms with E-state index in [9.17, 15) is 0 Å². The smallest absolute Gasteiger partial charge is 0.0495 e. The molecule has 0 aromatic heterocycles. The molecule has 3 nitrogen and oxygen atoms in total. The second-order valence-corrected chi connectivity index (χ2v) is 5.03. The minimum atomic E-state index is 0. The van der Waals surface area contributed by atoms with E-state index in [1.165, 1.54) is 45.4 Å². The molecule has 2 unspecified atom stereocenters. The van der Waals surface area contributed by atoms with Gasteiger partial charge in [-0.25, -0.2) is 0 Å². The molecule has 4 heteroatoms. The van der Waals surface area contributed by atoms with Crippen LogP contribution in [-0.2, 0) is 4.74 Å². The van der Waals surface area contributed by atoms with E-state index in [1.807, 2.05) is 0 Å². The fourth-order valence-corrected chi connectivity index (χ4v) is 2.75. The van der Waals surface area contributed by atoms with Gasteiger partial charge >= 0.3 is 0 Å². The molecule has 2 aliphatic heterocycles. The Balaban J connectivity index is 0.00000128. The predicted molar refractivity (Wildman–Crippen MR) is 69.3 cm³/mol. The molecule has 2 heterocycles. The maximum absolute atomic E-state index is 5.40. The van der Waals surface area contributed by atoms with Gasteiger partial charge in [-0.05, 0) is 57.8 Å². The first kappa shape index (κ1) is 14.2. The number of nitrogens with one attached hydrogen (secondary N) is 1. The van der Waals surface area contributed by atoms with Gasteiger partial charge in [-0.2, -0.15) is 0 Å². The van der Waals surface area contributed by atoms with Gasteiger partial charge in [0.1, 0.15) is 0 Å². The molecule has 96 valence electrons. The average molecular weight is 249 g/mol. The molecule has 0 spiro atoms. The van der Waals surface area contributed by atoms with Crippen molar-refractivity contribution in [1.82, 2.24) is 10.2 Å². The number of halogens is 1. The monoisotopic (exact) mass is 248 g/mol. The van der Waals surface area contributed by atoms with Crippen LogP contribution in [0.25, 0.3) is 0 Å². The van der Waals surface area contributed by atoms with Crippen LogP contribution >= 0.6 is 12.4 Å². The van der Waals surface area contributed by atoms with Crippen LogP contribution in [0.2, 0.25) is 0 Å². The van der Waals surface area contributed by atoms with Crippen molar-refractivity contribution in [1.29, 1.82) is 0 Å². The van der Waals surface area contributed by atoms with Crippen molar-refractivity contribution in [2.24, 2.45) is 11.8 Å². The second kappa shape index (κ2) is 7.49. The number of hydrogen-bond acceptors (Lipinski definition) is 3. The molecule has 0 saturated carbocycles. The lowest BCUT2D eigenvalue weighted by atomic mass is 10.1. The van der Waals surface area contributed by atoms with Crippen LogP contribution in [0.3, 0.4) is 0 Å². The van der Waals surface area contributed by atoms with E-state index in [-0.39, 0.29) is 12.4 Å². The van der Waals surface area contributed by atoms with Crippen molar-refractivity contribution in [2.45, 2.75) is 19.3 Å². The van der Waals surface area contributed by atoms with Gasteiger partial charge in [-0.15, -0.1) is 12.4 Å². The highest BCUT2D eigenvalue weighted by Crippen LogP contribution is 2.20. The minimum Gasteiger partial charge on any atom is -0.381 e. The fourth-order valence-electron chi connectivity index (χ4n) is 2.75. The third-order valence-electron chi connectivity index (χ3n) is 3.74. The summed E-state index contributed by atoms with van der Waals surface area (Å²) in [6, 6.07) is 0. The molecule has 2 atom stereocenters. The zero-order chi connectivity index (χ0) is 10.5. The molecule has 0 aliphatic carbocycles. The molecule has 0 bridgehead atoms. The van der Waals surface area contributed by atoms with Crippen LogP contribution in [0.5, 0.6) is 0 Å². The van der Waals surface area contributed by atoms with Crippen LogP contribution in [0.15, 0.2) is 0 Å². The molecule has 0 radical (unpaired) electrons. The number of hydrogen-bond donors (Lipinski definition) is 1. The van der Waals surface area contributed by atoms with E-state index in [0.717, 1.165) is 25.0 Å². The number of ether oxygens (including phenoxy) is 1. The lowest BCUT2D eigenvalue weighted by molar-refractivity contribution is 0.180. The van der Waals surface area contributed by atoms with E-state index in [0.29, 0.717) is 0 Å². The van der Waals surface area contributed by atoms with Gasteiger partial charge < -0.3 is 15.0 Å². The van der Waals surface area contributed by atoms with Crippen LogP contribution in [0.4, 0.5) is 0 Å². The van der Waals surface area contributed by atoms with Crippen LogP contribution < -0.4 is 5.32 Å². The highest BCUT2D eigenvalue weighted by molar-refractivity contribution is 5.85. The van der Waals surface area contributed by atoms with E-state index < -0.39 is 0 Å². The lowest BCUT2D eigenvalue weighted by Crippen LogP contribution is -2.26. The Hall–Kier alpha value is 0.170. The standard InChI is InChI=1S/C12H24N2O.ClH/c1-13-8-12-3-6-14(9-12)5-2-11-4-7-15-10-11;/h11-13H,2-10H2,1H3;1H. The van der Waals surface area contributed by atoms with E-state index in [4.69, 9.17) is 4.74 Å². The fraction of sp³-hybridized carbons (Fsp3) is 1.00. The predicted octanol–water partition coefficient (Wildman–Crippen LogP) is 1.38. The largest absolute Gasteiger partial charge is 0.381 e. The molecule has 2 rings (SSSR count). The Morgan fingerprint density at radius 1 is 1.31 bits per heavy atom. The maximum Gasteiger partial charge on any atom is 0.0495 e. The molecule has 2 fully saturated rings. The van der Waals surface area contributed by atoms with Crippen LogP contribution in [0, 0.1) is 11.8 Å². The zero-order valence-electron chi connectivity index (χ0n) is 10.3. The molecule has 2 saturated heterocycles. The Morgan fingerprint density at radius 2 is 2.19 bits per heavy atom. The van der Waals surface area contributed by atoms with Gasteiger partial charge in [-0.3, -0.25) is 0 Å². The number of nitrogens with zero attached hydrogens (tertiary/aromatic N) is 1. The molecule has 2 aliphatic rings. The summed E-state index contributed by atoms with van der Waals surface area (Å²) in [5, 5.41) is 3.28. The molecule has 0 aromatic carbocycles. The molecule has 0 amide bonds. The Bertz CT molecular complexity index is 186. The summed E-state index contributed by atoms with van der Waals surface area (Å²) < 4.78 is 5.40. The van der Waals surface area contributed by atoms with Crippen molar-refractivity contribution in [3.05, 3.63) is 0 Å². The lowest BCUT2D eigenvalue weighted by Gasteiger charge is -2.17. The minimum absolute atomic E-state index is 0. The second-order valence-electron chi connectivity index (χ2n) is 5.03. The number of likely N-dealkylation sites (tertiary alicyclic amines) is 1. The summed E-state index contributed by atoms with van der Waals surface area (Å²) in [7, 11) is 2.05. The van der Waals surface area contributed by atoms with Crippen LogP contribution in [0.1, 0.15) is 19.3 Å². The van der Waals surface area contributed by atoms with Gasteiger partial charge in [-0.1, -0.05) is 0 Å². The highest BCUT2D eigenvalue weighted by atomic mass is 35.5. The van der Waals surface area contributed by atoms with Crippen molar-refractivity contribution in [2.75, 3.05) is 46.4 Å². The van der Waals surface area contributed by atoms with E-state index >= 15 is 0 Å². The maximum atomic E-state index is 5.40. The first-order valence-electron chi connectivity index (χ1n) is 6.33. The summed E-state index contributed by atoms with van der Waals surface area (Å²) in [5.41, 5.74) is 0. The molecular formula is C12H25ClN2O. The third-order valence-corrected chi connectivity index (χ3v) is 3.74. The average Bonchev–Trinajstić information content (AvgIpc) is 2.85. The van der Waals surface area contributed by atoms with Gasteiger partial charge in [0.25, 0.3) is 0 Å². The highest BCUT2D eigenvalue weighted by Gasteiger charge is 2.23. The summed E-state index contributed by atoms with van der Waals surface area (Å²) in [5.74, 6) is 1.73. The Morgan fingerprint density at radius 3 is 2.88 bits per heavy atom. The van der Waals surface area contributed by atoms with Gasteiger partial charge in [0.15, 0.2) is 0 Å². The summed E-state index contributed by atoms with van der Waals surface area (Å²) in [4.78, 5) is 2.63. The Kier molecular flexibility index (Phi) is 6.66. The zero-order valence-corrected chi connectivity index (χ0v) is 11.1. The molecule has 1 N–H and O–H groups in total.